The van der Waals surface area contributed by atoms with E-state index >= 15 is 0 Å². The Morgan fingerprint density at radius 2 is 1.78 bits per heavy atom. The van der Waals surface area contributed by atoms with Gasteiger partial charge in [0.05, 0.1) is 7.11 Å². The van der Waals surface area contributed by atoms with E-state index in [0.29, 0.717) is 18.8 Å². The minimum absolute atomic E-state index is 0.0147. The standard InChI is InChI=1S/C18H22N2O3/c1-3-15-8-9-17(23-15)18(21)20-12-10-19(11-13-20)14-4-6-16(22-2)7-5-14/h4-9H,3,10-13H2,1-2H3. The molecule has 1 aromatic carbocycles. The Hall–Kier alpha value is -2.43. The van der Waals surface area contributed by atoms with E-state index in [-0.39, 0.29) is 5.91 Å². The summed E-state index contributed by atoms with van der Waals surface area (Å²) in [5, 5.41) is 0. The van der Waals surface area contributed by atoms with Crippen molar-refractivity contribution in [2.45, 2.75) is 13.3 Å². The zero-order valence-electron chi connectivity index (χ0n) is 13.6. The topological polar surface area (TPSA) is 45.9 Å². The Morgan fingerprint density at radius 3 is 2.35 bits per heavy atom. The lowest BCUT2D eigenvalue weighted by Crippen LogP contribution is -2.48. The first kappa shape index (κ1) is 15.5. The maximum Gasteiger partial charge on any atom is 0.289 e. The Bertz CT molecular complexity index is 655. The molecule has 0 spiro atoms. The van der Waals surface area contributed by atoms with Crippen molar-refractivity contribution >= 4 is 11.6 Å². The molecule has 23 heavy (non-hydrogen) atoms. The molecule has 0 atom stereocenters. The lowest BCUT2D eigenvalue weighted by Gasteiger charge is -2.35. The first-order chi connectivity index (χ1) is 11.2. The van der Waals surface area contributed by atoms with Crippen LogP contribution >= 0.6 is 0 Å². The number of furan rings is 1. The number of aryl methyl sites for hydroxylation is 1. The predicted molar refractivity (Wildman–Crippen MR) is 89.2 cm³/mol. The number of methoxy groups -OCH3 is 1. The third kappa shape index (κ3) is 3.33. The minimum Gasteiger partial charge on any atom is -0.497 e. The molecule has 0 unspecified atom stereocenters. The predicted octanol–water partition coefficient (Wildman–Crippen LogP) is 2.81. The number of ether oxygens (including phenoxy) is 1. The van der Waals surface area contributed by atoms with Crippen molar-refractivity contribution in [2.24, 2.45) is 0 Å². The van der Waals surface area contributed by atoms with Crippen LogP contribution in [0.2, 0.25) is 0 Å². The number of carbonyl (C=O) groups is 1. The number of amides is 1. The highest BCUT2D eigenvalue weighted by molar-refractivity contribution is 5.91. The van der Waals surface area contributed by atoms with Crippen molar-refractivity contribution in [3.8, 4) is 5.75 Å². The van der Waals surface area contributed by atoms with E-state index in [1.54, 1.807) is 13.2 Å². The van der Waals surface area contributed by atoms with Crippen LogP contribution in [0.15, 0.2) is 40.8 Å². The normalized spacial score (nSPS) is 14.9. The zero-order chi connectivity index (χ0) is 16.2. The second-order valence-corrected chi connectivity index (χ2v) is 5.60. The third-order valence-electron chi connectivity index (χ3n) is 4.23. The van der Waals surface area contributed by atoms with Crippen molar-refractivity contribution in [1.82, 2.24) is 4.90 Å². The summed E-state index contributed by atoms with van der Waals surface area (Å²) in [6, 6.07) is 11.7. The number of rotatable bonds is 4. The van der Waals surface area contributed by atoms with E-state index in [1.165, 1.54) is 0 Å². The molecule has 1 saturated heterocycles. The molecule has 5 heteroatoms. The van der Waals surface area contributed by atoms with E-state index in [4.69, 9.17) is 9.15 Å². The van der Waals surface area contributed by atoms with Crippen molar-refractivity contribution < 1.29 is 13.9 Å². The van der Waals surface area contributed by atoms with Gasteiger partial charge < -0.3 is 19.0 Å². The van der Waals surface area contributed by atoms with Crippen molar-refractivity contribution in [3.63, 3.8) is 0 Å². The van der Waals surface area contributed by atoms with Crippen LogP contribution in [0.3, 0.4) is 0 Å². The fourth-order valence-corrected chi connectivity index (χ4v) is 2.80. The number of benzene rings is 1. The second-order valence-electron chi connectivity index (χ2n) is 5.60. The van der Waals surface area contributed by atoms with Crippen LogP contribution in [0, 0.1) is 0 Å². The highest BCUT2D eigenvalue weighted by atomic mass is 16.5. The van der Waals surface area contributed by atoms with E-state index in [0.717, 1.165) is 36.7 Å². The molecule has 3 rings (SSSR count). The molecule has 0 radical (unpaired) electrons. The molecule has 0 saturated carbocycles. The van der Waals surface area contributed by atoms with Gasteiger partial charge in [0.2, 0.25) is 0 Å². The molecular weight excluding hydrogens is 292 g/mol. The fourth-order valence-electron chi connectivity index (χ4n) is 2.80. The first-order valence-corrected chi connectivity index (χ1v) is 7.98. The molecule has 2 aromatic rings. The molecule has 0 bridgehead atoms. The summed E-state index contributed by atoms with van der Waals surface area (Å²) in [4.78, 5) is 16.6. The molecule has 1 aliphatic rings. The molecule has 1 aromatic heterocycles. The van der Waals surface area contributed by atoms with E-state index in [2.05, 4.69) is 17.0 Å². The van der Waals surface area contributed by atoms with Gasteiger partial charge >= 0.3 is 0 Å². The SMILES string of the molecule is CCc1ccc(C(=O)N2CCN(c3ccc(OC)cc3)CC2)o1. The largest absolute Gasteiger partial charge is 0.497 e. The quantitative estimate of drug-likeness (QED) is 0.870. The summed E-state index contributed by atoms with van der Waals surface area (Å²) in [5.41, 5.74) is 1.16. The molecule has 0 N–H and O–H groups in total. The first-order valence-electron chi connectivity index (χ1n) is 7.98. The van der Waals surface area contributed by atoms with Gasteiger partial charge in [0.1, 0.15) is 11.5 Å². The molecule has 5 nitrogen and oxygen atoms in total. The zero-order valence-corrected chi connectivity index (χ0v) is 13.6. The summed E-state index contributed by atoms with van der Waals surface area (Å²) < 4.78 is 10.7. The Kier molecular flexibility index (Phi) is 4.55. The summed E-state index contributed by atoms with van der Waals surface area (Å²) in [6.45, 7) is 5.06. The maximum atomic E-state index is 12.5. The number of nitrogens with zero attached hydrogens (tertiary/aromatic N) is 2. The molecule has 2 heterocycles. The average Bonchev–Trinajstić information content (AvgIpc) is 3.10. The molecule has 122 valence electrons. The average molecular weight is 314 g/mol. The molecule has 0 aliphatic carbocycles. The van der Waals surface area contributed by atoms with Gasteiger partial charge in [-0.2, -0.15) is 0 Å². The van der Waals surface area contributed by atoms with Crippen LogP contribution in [0.4, 0.5) is 5.69 Å². The van der Waals surface area contributed by atoms with Gasteiger partial charge in [-0.3, -0.25) is 4.79 Å². The number of piperazine rings is 1. The number of hydrogen-bond donors (Lipinski definition) is 0. The van der Waals surface area contributed by atoms with Crippen molar-refractivity contribution in [3.05, 3.63) is 47.9 Å². The summed E-state index contributed by atoms with van der Waals surface area (Å²) in [5.74, 6) is 2.14. The van der Waals surface area contributed by atoms with Crippen LogP contribution in [-0.4, -0.2) is 44.1 Å². The Morgan fingerprint density at radius 1 is 1.09 bits per heavy atom. The van der Waals surface area contributed by atoms with Gasteiger partial charge in [-0.25, -0.2) is 0 Å². The van der Waals surface area contributed by atoms with Gasteiger partial charge in [-0.05, 0) is 36.4 Å². The van der Waals surface area contributed by atoms with Crippen LogP contribution < -0.4 is 9.64 Å². The van der Waals surface area contributed by atoms with Gasteiger partial charge in [0, 0.05) is 38.3 Å². The Labute approximate surface area is 136 Å². The Balaban J connectivity index is 1.60. The number of anilines is 1. The van der Waals surface area contributed by atoms with Gasteiger partial charge in [-0.15, -0.1) is 0 Å². The van der Waals surface area contributed by atoms with E-state index in [1.807, 2.05) is 30.0 Å². The monoisotopic (exact) mass is 314 g/mol. The van der Waals surface area contributed by atoms with Crippen molar-refractivity contribution in [2.75, 3.05) is 38.2 Å². The maximum absolute atomic E-state index is 12.5. The third-order valence-corrected chi connectivity index (χ3v) is 4.23. The minimum atomic E-state index is -0.0147. The van der Waals surface area contributed by atoms with Crippen LogP contribution in [0.5, 0.6) is 5.75 Å². The number of carbonyl (C=O) groups excluding carboxylic acids is 1. The summed E-state index contributed by atoms with van der Waals surface area (Å²) >= 11 is 0. The summed E-state index contributed by atoms with van der Waals surface area (Å²) in [7, 11) is 1.66. The molecule has 1 amide bonds. The van der Waals surface area contributed by atoms with Crippen molar-refractivity contribution in [1.29, 1.82) is 0 Å². The lowest BCUT2D eigenvalue weighted by atomic mass is 10.2. The van der Waals surface area contributed by atoms with E-state index < -0.39 is 0 Å². The highest BCUT2D eigenvalue weighted by Crippen LogP contribution is 2.21. The fraction of sp³-hybridized carbons (Fsp3) is 0.389. The van der Waals surface area contributed by atoms with Gasteiger partial charge in [0.25, 0.3) is 5.91 Å². The van der Waals surface area contributed by atoms with Crippen LogP contribution in [0.25, 0.3) is 0 Å². The number of hydrogen-bond acceptors (Lipinski definition) is 4. The highest BCUT2D eigenvalue weighted by Gasteiger charge is 2.24. The molecule has 1 aliphatic heterocycles. The summed E-state index contributed by atoms with van der Waals surface area (Å²) in [6.07, 6.45) is 0.804. The van der Waals surface area contributed by atoms with E-state index in [9.17, 15) is 4.79 Å². The van der Waals surface area contributed by atoms with Gasteiger partial charge in [-0.1, -0.05) is 6.92 Å². The second kappa shape index (κ2) is 6.77. The van der Waals surface area contributed by atoms with Crippen LogP contribution in [0.1, 0.15) is 23.2 Å². The van der Waals surface area contributed by atoms with Crippen LogP contribution in [-0.2, 0) is 6.42 Å². The lowest BCUT2D eigenvalue weighted by molar-refractivity contribution is 0.0713. The van der Waals surface area contributed by atoms with Gasteiger partial charge in [0.15, 0.2) is 5.76 Å². The molecular formula is C18H22N2O3. The smallest absolute Gasteiger partial charge is 0.289 e. The molecule has 1 fully saturated rings.